The van der Waals surface area contributed by atoms with Gasteiger partial charge >= 0.3 is 0 Å². The molecule has 0 bridgehead atoms. The number of ether oxygens (including phenoxy) is 1. The van der Waals surface area contributed by atoms with E-state index in [9.17, 15) is 8.42 Å². The summed E-state index contributed by atoms with van der Waals surface area (Å²) in [6.07, 6.45) is 1.68. The predicted molar refractivity (Wildman–Crippen MR) is 72.5 cm³/mol. The molecule has 2 aromatic rings. The second kappa shape index (κ2) is 4.24. The quantitative estimate of drug-likeness (QED) is 0.797. The highest BCUT2D eigenvalue weighted by molar-refractivity contribution is 7.92. The van der Waals surface area contributed by atoms with Crippen LogP contribution in [0.25, 0.3) is 11.1 Å². The van der Waals surface area contributed by atoms with Crippen LogP contribution in [-0.2, 0) is 10.0 Å². The van der Waals surface area contributed by atoms with Crippen molar-refractivity contribution < 1.29 is 13.2 Å². The third kappa shape index (κ3) is 2.04. The van der Waals surface area contributed by atoms with E-state index in [1.165, 1.54) is 11.4 Å². The number of hydrogen-bond donors (Lipinski definition) is 0. The summed E-state index contributed by atoms with van der Waals surface area (Å²) in [5, 5.41) is 0. The highest BCUT2D eigenvalue weighted by Crippen LogP contribution is 2.34. The SMILES string of the molecule is CN1c2cc(-c3ccccc3)cnc2OCS1(=O)=O. The molecule has 0 unspecified atom stereocenters. The molecule has 6 heteroatoms. The number of pyridine rings is 1. The van der Waals surface area contributed by atoms with Gasteiger partial charge < -0.3 is 4.74 Å². The number of rotatable bonds is 1. The Morgan fingerprint density at radius 3 is 2.68 bits per heavy atom. The van der Waals surface area contributed by atoms with Crippen molar-refractivity contribution >= 4 is 15.7 Å². The zero-order valence-electron chi connectivity index (χ0n) is 10.3. The molecular formula is C13H12N2O3S. The zero-order valence-corrected chi connectivity index (χ0v) is 11.1. The summed E-state index contributed by atoms with van der Waals surface area (Å²) in [7, 11) is -1.90. The van der Waals surface area contributed by atoms with E-state index >= 15 is 0 Å². The number of hydrogen-bond acceptors (Lipinski definition) is 4. The average molecular weight is 276 g/mol. The van der Waals surface area contributed by atoms with E-state index in [0.717, 1.165) is 11.1 Å². The first-order valence-corrected chi connectivity index (χ1v) is 7.34. The second-order valence-corrected chi connectivity index (χ2v) is 6.20. The lowest BCUT2D eigenvalue weighted by molar-refractivity contribution is 0.356. The maximum Gasteiger partial charge on any atom is 0.270 e. The standard InChI is InChI=1S/C13H12N2O3S/c1-15-12-7-11(10-5-3-2-4-6-10)8-14-13(12)18-9-19(15,16)17/h2-8H,9H2,1H3. The lowest BCUT2D eigenvalue weighted by Gasteiger charge is -2.26. The summed E-state index contributed by atoms with van der Waals surface area (Å²) in [6, 6.07) is 11.4. The van der Waals surface area contributed by atoms with Crippen LogP contribution in [0.2, 0.25) is 0 Å². The van der Waals surface area contributed by atoms with Gasteiger partial charge in [0.25, 0.3) is 10.0 Å². The number of fused-ring (bicyclic) bond motifs is 1. The van der Waals surface area contributed by atoms with Crippen LogP contribution in [-0.4, -0.2) is 26.4 Å². The molecule has 0 atom stereocenters. The Morgan fingerprint density at radius 2 is 1.95 bits per heavy atom. The van der Waals surface area contributed by atoms with Crippen molar-refractivity contribution in [3.8, 4) is 17.0 Å². The first-order valence-electron chi connectivity index (χ1n) is 5.73. The van der Waals surface area contributed by atoms with Crippen molar-refractivity contribution in [2.24, 2.45) is 0 Å². The maximum absolute atomic E-state index is 11.8. The lowest BCUT2D eigenvalue weighted by atomic mass is 10.1. The van der Waals surface area contributed by atoms with Crippen molar-refractivity contribution in [1.29, 1.82) is 0 Å². The molecule has 0 radical (unpaired) electrons. The van der Waals surface area contributed by atoms with Crippen molar-refractivity contribution in [2.45, 2.75) is 0 Å². The molecule has 0 aliphatic carbocycles. The minimum Gasteiger partial charge on any atom is -0.458 e. The second-order valence-electron chi connectivity index (χ2n) is 4.26. The molecular weight excluding hydrogens is 264 g/mol. The van der Waals surface area contributed by atoms with Crippen LogP contribution in [0, 0.1) is 0 Å². The molecule has 0 spiro atoms. The average Bonchev–Trinajstić information content (AvgIpc) is 2.44. The smallest absolute Gasteiger partial charge is 0.270 e. The predicted octanol–water partition coefficient (Wildman–Crippen LogP) is 1.86. The van der Waals surface area contributed by atoms with Crippen molar-refractivity contribution in [1.82, 2.24) is 4.98 Å². The normalized spacial score (nSPS) is 16.6. The van der Waals surface area contributed by atoms with Gasteiger partial charge in [-0.15, -0.1) is 0 Å². The first-order chi connectivity index (χ1) is 9.08. The van der Waals surface area contributed by atoms with Gasteiger partial charge in [0, 0.05) is 18.8 Å². The third-order valence-corrected chi connectivity index (χ3v) is 4.49. The summed E-state index contributed by atoms with van der Waals surface area (Å²) in [6.45, 7) is 0. The van der Waals surface area contributed by atoms with E-state index in [-0.39, 0.29) is 5.94 Å². The van der Waals surface area contributed by atoms with Crippen molar-refractivity contribution in [3.63, 3.8) is 0 Å². The summed E-state index contributed by atoms with van der Waals surface area (Å²) in [5.41, 5.74) is 2.30. The molecule has 1 aromatic heterocycles. The minimum atomic E-state index is -3.40. The molecule has 19 heavy (non-hydrogen) atoms. The van der Waals surface area contributed by atoms with Crippen LogP contribution < -0.4 is 9.04 Å². The molecule has 1 aromatic carbocycles. The first kappa shape index (κ1) is 12.0. The van der Waals surface area contributed by atoms with Gasteiger partial charge in [-0.2, -0.15) is 0 Å². The van der Waals surface area contributed by atoms with Crippen LogP contribution in [0.5, 0.6) is 5.88 Å². The highest BCUT2D eigenvalue weighted by Gasteiger charge is 2.29. The molecule has 0 saturated carbocycles. The Morgan fingerprint density at radius 1 is 1.21 bits per heavy atom. The Kier molecular flexibility index (Phi) is 2.67. The highest BCUT2D eigenvalue weighted by atomic mass is 32.2. The van der Waals surface area contributed by atoms with Crippen LogP contribution in [0.3, 0.4) is 0 Å². The van der Waals surface area contributed by atoms with Gasteiger partial charge in [0.1, 0.15) is 5.69 Å². The molecule has 2 heterocycles. The van der Waals surface area contributed by atoms with E-state index in [0.29, 0.717) is 11.6 Å². The zero-order chi connectivity index (χ0) is 13.5. The van der Waals surface area contributed by atoms with Gasteiger partial charge in [-0.3, -0.25) is 4.31 Å². The van der Waals surface area contributed by atoms with Crippen LogP contribution in [0.1, 0.15) is 0 Å². The Balaban J connectivity index is 2.12. The van der Waals surface area contributed by atoms with Gasteiger partial charge in [-0.05, 0) is 11.6 Å². The Labute approximate surface area is 111 Å². The molecule has 3 rings (SSSR count). The maximum atomic E-state index is 11.8. The lowest BCUT2D eigenvalue weighted by Crippen LogP contribution is -2.35. The number of nitrogens with zero attached hydrogens (tertiary/aromatic N) is 2. The van der Waals surface area contributed by atoms with Gasteiger partial charge in [0.05, 0.1) is 0 Å². The van der Waals surface area contributed by atoms with Gasteiger partial charge in [-0.25, -0.2) is 13.4 Å². The van der Waals surface area contributed by atoms with E-state index in [2.05, 4.69) is 4.98 Å². The van der Waals surface area contributed by atoms with E-state index < -0.39 is 10.0 Å². The fourth-order valence-corrected chi connectivity index (χ4v) is 2.77. The fraction of sp³-hybridized carbons (Fsp3) is 0.154. The fourth-order valence-electron chi connectivity index (χ4n) is 1.93. The number of sulfonamides is 1. The minimum absolute atomic E-state index is 0.344. The molecule has 0 fully saturated rings. The largest absolute Gasteiger partial charge is 0.458 e. The summed E-state index contributed by atoms with van der Waals surface area (Å²) < 4.78 is 29.9. The molecule has 1 aliphatic rings. The molecule has 98 valence electrons. The molecule has 0 saturated heterocycles. The summed E-state index contributed by atoms with van der Waals surface area (Å²) in [5.74, 6) is -0.0224. The van der Waals surface area contributed by atoms with Crippen molar-refractivity contribution in [2.75, 3.05) is 17.3 Å². The van der Waals surface area contributed by atoms with Crippen LogP contribution in [0.4, 0.5) is 5.69 Å². The number of aromatic nitrogens is 1. The Hall–Kier alpha value is -2.08. The van der Waals surface area contributed by atoms with Gasteiger partial charge in [0.15, 0.2) is 0 Å². The van der Waals surface area contributed by atoms with E-state index in [4.69, 9.17) is 4.74 Å². The van der Waals surface area contributed by atoms with Crippen LogP contribution in [0.15, 0.2) is 42.6 Å². The van der Waals surface area contributed by atoms with E-state index in [1.807, 2.05) is 30.3 Å². The monoisotopic (exact) mass is 276 g/mol. The Bertz CT molecular complexity index is 714. The molecule has 1 aliphatic heterocycles. The topological polar surface area (TPSA) is 59.5 Å². The molecule has 0 N–H and O–H groups in total. The summed E-state index contributed by atoms with van der Waals surface area (Å²) >= 11 is 0. The molecule has 0 amide bonds. The number of benzene rings is 1. The van der Waals surface area contributed by atoms with Crippen molar-refractivity contribution in [3.05, 3.63) is 42.6 Å². The van der Waals surface area contributed by atoms with Gasteiger partial charge in [-0.1, -0.05) is 30.3 Å². The third-order valence-electron chi connectivity index (χ3n) is 3.04. The van der Waals surface area contributed by atoms with Gasteiger partial charge in [0.2, 0.25) is 11.8 Å². The summed E-state index contributed by atoms with van der Waals surface area (Å²) in [4.78, 5) is 4.18. The van der Waals surface area contributed by atoms with Crippen LogP contribution >= 0.6 is 0 Å². The van der Waals surface area contributed by atoms with E-state index in [1.54, 1.807) is 12.3 Å². The number of anilines is 1. The molecule has 5 nitrogen and oxygen atoms in total.